The Hall–Kier alpha value is -1.05. The van der Waals surface area contributed by atoms with E-state index in [-0.39, 0.29) is 0 Å². The Morgan fingerprint density at radius 2 is 1.94 bits per heavy atom. The van der Waals surface area contributed by atoms with E-state index in [2.05, 4.69) is 37.2 Å². The van der Waals surface area contributed by atoms with Crippen molar-refractivity contribution in [1.82, 2.24) is 4.90 Å². The molecule has 1 nitrogen and oxygen atoms in total. The third-order valence-electron chi connectivity index (χ3n) is 2.54. The maximum absolute atomic E-state index is 5.91. The first-order chi connectivity index (χ1) is 7.67. The predicted molar refractivity (Wildman–Crippen MR) is 71.9 cm³/mol. The fourth-order valence-electron chi connectivity index (χ4n) is 1.67. The van der Waals surface area contributed by atoms with Crippen molar-refractivity contribution in [3.8, 4) is 0 Å². The minimum absolute atomic E-state index is 0.851. The van der Waals surface area contributed by atoms with Crippen molar-refractivity contribution in [3.63, 3.8) is 0 Å². The number of halogens is 1. The highest BCUT2D eigenvalue weighted by Crippen LogP contribution is 2.21. The van der Waals surface area contributed by atoms with E-state index in [4.69, 9.17) is 11.6 Å². The summed E-state index contributed by atoms with van der Waals surface area (Å²) in [6.45, 7) is 8.92. The number of hydrogen-bond acceptors (Lipinski definition) is 1. The van der Waals surface area contributed by atoms with Crippen LogP contribution in [0.25, 0.3) is 0 Å². The average Bonchev–Trinajstić information content (AvgIpc) is 2.29. The second-order valence-electron chi connectivity index (χ2n) is 3.87. The van der Waals surface area contributed by atoms with Gasteiger partial charge in [0.15, 0.2) is 0 Å². The number of allylic oxidation sites excluding steroid dienone is 2. The van der Waals surface area contributed by atoms with E-state index in [0.29, 0.717) is 0 Å². The molecule has 0 saturated heterocycles. The zero-order chi connectivity index (χ0) is 12.0. The van der Waals surface area contributed by atoms with Gasteiger partial charge in [0.05, 0.1) is 0 Å². The van der Waals surface area contributed by atoms with Gasteiger partial charge in [-0.3, -0.25) is 0 Å². The Morgan fingerprint density at radius 3 is 2.56 bits per heavy atom. The monoisotopic (exact) mass is 235 g/mol. The normalized spacial score (nSPS) is 14.4. The van der Waals surface area contributed by atoms with E-state index in [0.717, 1.165) is 24.5 Å². The molecule has 0 aromatic heterocycles. The summed E-state index contributed by atoms with van der Waals surface area (Å²) < 4.78 is 0. The second-order valence-corrected chi connectivity index (χ2v) is 4.31. The lowest BCUT2D eigenvalue weighted by molar-refractivity contribution is 0.313. The average molecular weight is 236 g/mol. The Bertz CT molecular complexity index is 365. The Morgan fingerprint density at radius 1 is 1.25 bits per heavy atom. The fraction of sp³-hybridized carbons (Fsp3) is 0.286. The van der Waals surface area contributed by atoms with Gasteiger partial charge in [0.1, 0.15) is 0 Å². The summed E-state index contributed by atoms with van der Waals surface area (Å²) in [7, 11) is 2.14. The van der Waals surface area contributed by atoms with Gasteiger partial charge in [0.2, 0.25) is 0 Å². The highest BCUT2D eigenvalue weighted by atomic mass is 35.5. The lowest BCUT2D eigenvalue weighted by atomic mass is 10.0. The van der Waals surface area contributed by atoms with E-state index in [1.165, 1.54) is 11.1 Å². The van der Waals surface area contributed by atoms with Crippen LogP contribution >= 0.6 is 11.6 Å². The molecular formula is C14H18ClN. The molecule has 0 unspecified atom stereocenters. The van der Waals surface area contributed by atoms with Crippen LogP contribution in [0.4, 0.5) is 0 Å². The molecule has 1 heterocycles. The Balaban J connectivity index is 0.000000280. The van der Waals surface area contributed by atoms with E-state index in [9.17, 15) is 0 Å². The van der Waals surface area contributed by atoms with Gasteiger partial charge in [0.25, 0.3) is 0 Å². The van der Waals surface area contributed by atoms with Crippen LogP contribution in [0.2, 0.25) is 5.02 Å². The maximum atomic E-state index is 5.91. The SMILES string of the molecule is C=CC=C.CN1CCc2ccc(Cl)cc2C1. The minimum atomic E-state index is 0.851. The van der Waals surface area contributed by atoms with Crippen LogP contribution < -0.4 is 0 Å². The van der Waals surface area contributed by atoms with E-state index < -0.39 is 0 Å². The summed E-state index contributed by atoms with van der Waals surface area (Å²) in [4.78, 5) is 2.32. The zero-order valence-electron chi connectivity index (χ0n) is 9.75. The van der Waals surface area contributed by atoms with E-state index >= 15 is 0 Å². The van der Waals surface area contributed by atoms with Gasteiger partial charge in [-0.05, 0) is 36.7 Å². The summed E-state index contributed by atoms with van der Waals surface area (Å²) >= 11 is 5.91. The Labute approximate surface area is 103 Å². The van der Waals surface area contributed by atoms with Crippen LogP contribution in [0.5, 0.6) is 0 Å². The maximum Gasteiger partial charge on any atom is 0.0409 e. The van der Waals surface area contributed by atoms with Gasteiger partial charge in [-0.15, -0.1) is 0 Å². The summed E-state index contributed by atoms with van der Waals surface area (Å²) in [6, 6.07) is 6.20. The molecule has 0 saturated carbocycles. The van der Waals surface area contributed by atoms with E-state index in [1.54, 1.807) is 12.2 Å². The molecule has 1 aliphatic heterocycles. The molecule has 1 aliphatic rings. The molecule has 0 radical (unpaired) electrons. The molecule has 0 spiro atoms. The molecule has 2 rings (SSSR count). The molecule has 0 atom stereocenters. The van der Waals surface area contributed by atoms with Crippen molar-refractivity contribution in [3.05, 3.63) is 59.7 Å². The highest BCUT2D eigenvalue weighted by Gasteiger charge is 2.12. The van der Waals surface area contributed by atoms with Crippen LogP contribution in [0, 0.1) is 0 Å². The van der Waals surface area contributed by atoms with Crippen LogP contribution in [-0.2, 0) is 13.0 Å². The van der Waals surface area contributed by atoms with Crippen molar-refractivity contribution in [1.29, 1.82) is 0 Å². The number of nitrogens with zero attached hydrogens (tertiary/aromatic N) is 1. The first-order valence-electron chi connectivity index (χ1n) is 5.36. The topological polar surface area (TPSA) is 3.24 Å². The standard InChI is InChI=1S/C10H12ClN.C4H6/c1-12-5-4-8-2-3-10(11)6-9(8)7-12;1-3-4-2/h2-3,6H,4-5,7H2,1H3;3-4H,1-2H2. The number of hydrogen-bond donors (Lipinski definition) is 0. The van der Waals surface area contributed by atoms with Gasteiger partial charge in [-0.1, -0.05) is 43.0 Å². The quantitative estimate of drug-likeness (QED) is 0.672. The fourth-order valence-corrected chi connectivity index (χ4v) is 1.86. The zero-order valence-corrected chi connectivity index (χ0v) is 10.5. The van der Waals surface area contributed by atoms with Gasteiger partial charge in [0, 0.05) is 18.1 Å². The minimum Gasteiger partial charge on any atom is -0.302 e. The van der Waals surface area contributed by atoms with Crippen molar-refractivity contribution >= 4 is 11.6 Å². The molecule has 2 heteroatoms. The van der Waals surface area contributed by atoms with Gasteiger partial charge >= 0.3 is 0 Å². The number of fused-ring (bicyclic) bond motifs is 1. The smallest absolute Gasteiger partial charge is 0.0409 e. The molecule has 1 aromatic carbocycles. The summed E-state index contributed by atoms with van der Waals surface area (Å²) in [5.41, 5.74) is 2.84. The first kappa shape index (κ1) is 13.0. The number of likely N-dealkylation sites (N-methyl/N-ethyl adjacent to an activating group) is 1. The molecule has 0 bridgehead atoms. The van der Waals surface area contributed by atoms with Crippen LogP contribution in [0.15, 0.2) is 43.5 Å². The summed E-state index contributed by atoms with van der Waals surface area (Å²) in [6.07, 6.45) is 4.43. The third kappa shape index (κ3) is 3.84. The van der Waals surface area contributed by atoms with Gasteiger partial charge in [-0.25, -0.2) is 0 Å². The van der Waals surface area contributed by atoms with Crippen molar-refractivity contribution in [2.45, 2.75) is 13.0 Å². The molecule has 0 N–H and O–H groups in total. The first-order valence-corrected chi connectivity index (χ1v) is 5.74. The molecule has 86 valence electrons. The molecule has 1 aromatic rings. The van der Waals surface area contributed by atoms with Crippen molar-refractivity contribution in [2.75, 3.05) is 13.6 Å². The lowest BCUT2D eigenvalue weighted by Crippen LogP contribution is -2.26. The van der Waals surface area contributed by atoms with Crippen molar-refractivity contribution < 1.29 is 0 Å². The predicted octanol–water partition coefficient (Wildman–Crippen LogP) is 3.69. The van der Waals surface area contributed by atoms with Gasteiger partial charge < -0.3 is 4.90 Å². The third-order valence-corrected chi connectivity index (χ3v) is 2.77. The number of benzene rings is 1. The van der Waals surface area contributed by atoms with Crippen LogP contribution in [-0.4, -0.2) is 18.5 Å². The van der Waals surface area contributed by atoms with Crippen molar-refractivity contribution in [2.24, 2.45) is 0 Å². The molecule has 0 aliphatic carbocycles. The second kappa shape index (κ2) is 6.51. The number of rotatable bonds is 1. The van der Waals surface area contributed by atoms with Crippen LogP contribution in [0.3, 0.4) is 0 Å². The largest absolute Gasteiger partial charge is 0.302 e. The molecule has 16 heavy (non-hydrogen) atoms. The molecule has 0 amide bonds. The summed E-state index contributed by atoms with van der Waals surface area (Å²) in [5, 5.41) is 0.851. The highest BCUT2D eigenvalue weighted by molar-refractivity contribution is 6.30. The van der Waals surface area contributed by atoms with Crippen LogP contribution in [0.1, 0.15) is 11.1 Å². The molecule has 0 fully saturated rings. The van der Waals surface area contributed by atoms with E-state index in [1.807, 2.05) is 6.07 Å². The summed E-state index contributed by atoms with van der Waals surface area (Å²) in [5.74, 6) is 0. The van der Waals surface area contributed by atoms with Gasteiger partial charge in [-0.2, -0.15) is 0 Å². The lowest BCUT2D eigenvalue weighted by Gasteiger charge is -2.24. The Kier molecular flexibility index (Phi) is 5.30. The molecular weight excluding hydrogens is 218 g/mol.